The molecular formula is C50H33N7. The maximum absolute atomic E-state index is 5.12. The third-order valence-corrected chi connectivity index (χ3v) is 10.7. The van der Waals surface area contributed by atoms with E-state index in [1.165, 1.54) is 21.9 Å². The molecule has 0 spiro atoms. The van der Waals surface area contributed by atoms with E-state index in [9.17, 15) is 0 Å². The van der Waals surface area contributed by atoms with Gasteiger partial charge in [0.05, 0.1) is 11.0 Å². The Bertz CT molecular complexity index is 2790. The summed E-state index contributed by atoms with van der Waals surface area (Å²) in [6, 6.07) is 60.2. The number of hydrogen-bond donors (Lipinski definition) is 0. The Balaban J connectivity index is 1.16. The molecule has 3 heterocycles. The first-order chi connectivity index (χ1) is 28.2. The molecule has 57 heavy (non-hydrogen) atoms. The van der Waals surface area contributed by atoms with Crippen LogP contribution in [0.3, 0.4) is 0 Å². The van der Waals surface area contributed by atoms with Crippen molar-refractivity contribution in [1.29, 1.82) is 0 Å². The van der Waals surface area contributed by atoms with Crippen molar-refractivity contribution in [2.75, 3.05) is 0 Å². The summed E-state index contributed by atoms with van der Waals surface area (Å²) >= 11 is 0. The molecule has 7 aromatic carbocycles. The van der Waals surface area contributed by atoms with E-state index in [4.69, 9.17) is 29.9 Å². The summed E-state index contributed by atoms with van der Waals surface area (Å²) in [6.07, 6.45) is 1.75. The predicted octanol–water partition coefficient (Wildman–Crippen LogP) is 11.3. The van der Waals surface area contributed by atoms with Crippen LogP contribution in [0.2, 0.25) is 0 Å². The van der Waals surface area contributed by atoms with Gasteiger partial charge in [0.25, 0.3) is 0 Å². The second-order valence-electron chi connectivity index (χ2n) is 14.3. The summed E-state index contributed by atoms with van der Waals surface area (Å²) in [5.74, 6) is 3.86. The maximum atomic E-state index is 5.12. The number of benzene rings is 7. The molecule has 3 aromatic heterocycles. The average molecular weight is 732 g/mol. The zero-order valence-corrected chi connectivity index (χ0v) is 30.8. The second kappa shape index (κ2) is 13.6. The minimum atomic E-state index is 0.643. The molecule has 268 valence electrons. The van der Waals surface area contributed by atoms with Gasteiger partial charge in [-0.3, -0.25) is 0 Å². The van der Waals surface area contributed by atoms with E-state index in [1.807, 2.05) is 121 Å². The number of rotatable bonds is 7. The van der Waals surface area contributed by atoms with Crippen LogP contribution in [-0.4, -0.2) is 34.5 Å². The highest BCUT2D eigenvalue weighted by atomic mass is 15.0. The highest BCUT2D eigenvalue weighted by molar-refractivity contribution is 6.15. The Hall–Kier alpha value is -7.64. The van der Waals surface area contributed by atoms with Crippen molar-refractivity contribution in [1.82, 2.24) is 34.5 Å². The predicted molar refractivity (Wildman–Crippen MR) is 228 cm³/mol. The fraction of sp³-hybridized carbons (Fsp3) is 0.0400. The zero-order valence-electron chi connectivity index (χ0n) is 30.8. The molecule has 1 aliphatic carbocycles. The topological polar surface area (TPSA) is 82.3 Å². The summed E-state index contributed by atoms with van der Waals surface area (Å²) in [7, 11) is 0. The van der Waals surface area contributed by atoms with Gasteiger partial charge in [0.15, 0.2) is 34.9 Å². The lowest BCUT2D eigenvalue weighted by Gasteiger charge is -2.16. The van der Waals surface area contributed by atoms with Crippen molar-refractivity contribution in [3.05, 3.63) is 187 Å². The van der Waals surface area contributed by atoms with E-state index in [0.29, 0.717) is 34.9 Å². The first-order valence-corrected chi connectivity index (χ1v) is 19.2. The van der Waals surface area contributed by atoms with Gasteiger partial charge >= 0.3 is 0 Å². The van der Waals surface area contributed by atoms with Crippen LogP contribution >= 0.6 is 0 Å². The summed E-state index contributed by atoms with van der Waals surface area (Å²) in [6.45, 7) is 0. The molecule has 0 N–H and O–H groups in total. The third kappa shape index (κ3) is 5.84. The number of nitrogens with zero attached hydrogens (tertiary/aromatic N) is 7. The highest BCUT2D eigenvalue weighted by Gasteiger charge is 2.26. The highest BCUT2D eigenvalue weighted by Crippen LogP contribution is 2.44. The van der Waals surface area contributed by atoms with E-state index in [-0.39, 0.29) is 0 Å². The van der Waals surface area contributed by atoms with Crippen LogP contribution < -0.4 is 0 Å². The second-order valence-corrected chi connectivity index (χ2v) is 14.3. The Morgan fingerprint density at radius 1 is 0.298 bits per heavy atom. The van der Waals surface area contributed by atoms with Gasteiger partial charge in [-0.15, -0.1) is 0 Å². The Morgan fingerprint density at radius 2 is 0.579 bits per heavy atom. The van der Waals surface area contributed by atoms with Crippen molar-refractivity contribution in [2.45, 2.75) is 12.8 Å². The zero-order chi connectivity index (χ0) is 37.7. The minimum absolute atomic E-state index is 0.643. The van der Waals surface area contributed by atoms with Crippen molar-refractivity contribution in [3.63, 3.8) is 0 Å². The molecule has 7 nitrogen and oxygen atoms in total. The van der Waals surface area contributed by atoms with Gasteiger partial charge in [-0.2, -0.15) is 0 Å². The van der Waals surface area contributed by atoms with Gasteiger partial charge in [-0.25, -0.2) is 29.9 Å². The summed E-state index contributed by atoms with van der Waals surface area (Å²) in [5.41, 5.74) is 11.5. The lowest BCUT2D eigenvalue weighted by atomic mass is 9.88. The SMILES string of the molecule is c1ccc(-c2nc(-c3ccccc3)nc(-c3cc4c5c6c(cc(-c7nc(-c8ccccc8)nc(-c8ccccc8)n7)cc6n(-c6ccccc6)c5c3)CC4)n2)cc1. The molecule has 0 amide bonds. The van der Waals surface area contributed by atoms with Crippen LogP contribution in [0.1, 0.15) is 11.1 Å². The third-order valence-electron chi connectivity index (χ3n) is 10.7. The Kier molecular flexibility index (Phi) is 7.81. The molecule has 0 saturated carbocycles. The first-order valence-electron chi connectivity index (χ1n) is 19.2. The summed E-state index contributed by atoms with van der Waals surface area (Å²) < 4.78 is 2.38. The molecule has 0 unspecified atom stereocenters. The Morgan fingerprint density at radius 3 is 0.895 bits per heavy atom. The molecule has 11 rings (SSSR count). The molecule has 0 saturated heterocycles. The van der Waals surface area contributed by atoms with E-state index >= 15 is 0 Å². The molecule has 0 atom stereocenters. The summed E-state index contributed by atoms with van der Waals surface area (Å²) in [5, 5.41) is 2.52. The average Bonchev–Trinajstić information content (AvgIpc) is 3.64. The quantitative estimate of drug-likeness (QED) is 0.162. The van der Waals surface area contributed by atoms with Gasteiger partial charge in [-0.05, 0) is 60.4 Å². The van der Waals surface area contributed by atoms with E-state index in [1.54, 1.807) is 0 Å². The Labute approximate surface area is 329 Å². The molecule has 10 aromatic rings. The fourth-order valence-electron chi connectivity index (χ4n) is 8.08. The van der Waals surface area contributed by atoms with Gasteiger partial charge in [0.1, 0.15) is 0 Å². The van der Waals surface area contributed by atoms with Gasteiger partial charge in [0.2, 0.25) is 0 Å². The fourth-order valence-corrected chi connectivity index (χ4v) is 8.08. The monoisotopic (exact) mass is 731 g/mol. The van der Waals surface area contributed by atoms with Crippen LogP contribution in [0.15, 0.2) is 176 Å². The largest absolute Gasteiger partial charge is 0.309 e. The number of aryl methyl sites for hydroxylation is 2. The normalized spacial score (nSPS) is 12.1. The first kappa shape index (κ1) is 32.8. The summed E-state index contributed by atoms with van der Waals surface area (Å²) in [4.78, 5) is 30.4. The van der Waals surface area contributed by atoms with Crippen LogP contribution in [0, 0.1) is 0 Å². The lowest BCUT2D eigenvalue weighted by Crippen LogP contribution is -2.03. The molecule has 0 bridgehead atoms. The van der Waals surface area contributed by atoms with Crippen LogP contribution in [0.5, 0.6) is 0 Å². The molecule has 1 aliphatic rings. The molecular weight excluding hydrogens is 699 g/mol. The van der Waals surface area contributed by atoms with Gasteiger partial charge < -0.3 is 4.57 Å². The van der Waals surface area contributed by atoms with Crippen molar-refractivity contribution in [2.24, 2.45) is 0 Å². The van der Waals surface area contributed by atoms with Gasteiger partial charge in [0, 0.05) is 49.8 Å². The van der Waals surface area contributed by atoms with Crippen LogP contribution in [0.4, 0.5) is 0 Å². The molecule has 7 heteroatoms. The van der Waals surface area contributed by atoms with E-state index in [2.05, 4.69) is 59.2 Å². The molecule has 0 fully saturated rings. The molecule has 0 radical (unpaired) electrons. The van der Waals surface area contributed by atoms with Crippen molar-refractivity contribution in [3.8, 4) is 74.0 Å². The number of para-hydroxylation sites is 1. The van der Waals surface area contributed by atoms with Crippen LogP contribution in [-0.2, 0) is 12.8 Å². The van der Waals surface area contributed by atoms with Gasteiger partial charge in [-0.1, -0.05) is 140 Å². The lowest BCUT2D eigenvalue weighted by molar-refractivity contribution is 0.967. The number of hydrogen-bond acceptors (Lipinski definition) is 6. The minimum Gasteiger partial charge on any atom is -0.309 e. The standard InChI is InChI=1S/C50H33N7/c1-6-16-32(17-7-1)45-51-46(33-18-8-2-9-19-33)54-49(53-45)38-28-36-26-27-37-29-39(31-42-44(37)43(36)41(30-38)57(42)40-24-14-5-15-25-40)50-55-47(34-20-10-3-11-21-34)52-48(56-50)35-22-12-4-13-23-35/h1-25,28-31H,26-27H2. The van der Waals surface area contributed by atoms with Crippen molar-refractivity contribution < 1.29 is 0 Å². The van der Waals surface area contributed by atoms with Crippen molar-refractivity contribution >= 4 is 21.8 Å². The maximum Gasteiger partial charge on any atom is 0.164 e. The number of aromatic nitrogens is 7. The van der Waals surface area contributed by atoms with E-state index < -0.39 is 0 Å². The molecule has 0 aliphatic heterocycles. The van der Waals surface area contributed by atoms with E-state index in [0.717, 1.165) is 62.9 Å². The van der Waals surface area contributed by atoms with Crippen LogP contribution in [0.25, 0.3) is 95.8 Å². The smallest absolute Gasteiger partial charge is 0.164 e.